The first kappa shape index (κ1) is 55.0. The molecule has 0 saturated heterocycles. The summed E-state index contributed by atoms with van der Waals surface area (Å²) in [6, 6.07) is -0.618. The van der Waals surface area contributed by atoms with Gasteiger partial charge in [-0.3, -0.25) is 9.59 Å². The first-order valence-electron chi connectivity index (χ1n) is 23.3. The van der Waals surface area contributed by atoms with Crippen LogP contribution in [0.25, 0.3) is 0 Å². The van der Waals surface area contributed by atoms with Gasteiger partial charge in [0.15, 0.2) is 12.1 Å². The van der Waals surface area contributed by atoms with E-state index in [-0.39, 0.29) is 36.2 Å². The van der Waals surface area contributed by atoms with Crippen LogP contribution >= 0.6 is 0 Å². The average Bonchev–Trinajstić information content (AvgIpc) is 3.18. The second-order valence-electron chi connectivity index (χ2n) is 16.6. The van der Waals surface area contributed by atoms with Crippen LogP contribution in [-0.4, -0.2) is 80.6 Å². The standard InChI is InChI=1S/C50H87NO7/c1-6-8-10-12-14-16-18-20-22-23-24-25-26-27-29-30-32-34-36-38-40-48(52)57-45-46(44-56-43-42-47(50(54)55)51(3,4)5)58-49(53)41-39-37-35-33-31-28-21-19-17-15-13-11-9-7-2/h8-11,14-17,20,22,46-47H,6-7,12-13,18-19,21,23-45H2,1-5H3/p+1/b10-8+,11-9+,16-14+,17-15+,22-20+. The fourth-order valence-electron chi connectivity index (χ4n) is 6.61. The Morgan fingerprint density at radius 1 is 0.517 bits per heavy atom. The van der Waals surface area contributed by atoms with Gasteiger partial charge in [-0.25, -0.2) is 4.79 Å². The Balaban J connectivity index is 4.28. The van der Waals surface area contributed by atoms with Crippen LogP contribution in [0.1, 0.15) is 187 Å². The summed E-state index contributed by atoms with van der Waals surface area (Å²) in [6.07, 6.45) is 49.8. The number of nitrogens with zero attached hydrogens (tertiary/aromatic N) is 1. The fourth-order valence-corrected chi connectivity index (χ4v) is 6.61. The van der Waals surface area contributed by atoms with Crippen molar-refractivity contribution >= 4 is 17.9 Å². The monoisotopic (exact) mass is 815 g/mol. The Hall–Kier alpha value is -2.97. The molecule has 0 aromatic rings. The molecule has 0 spiro atoms. The van der Waals surface area contributed by atoms with Gasteiger partial charge in [-0.1, -0.05) is 158 Å². The zero-order valence-corrected chi connectivity index (χ0v) is 38.0. The summed E-state index contributed by atoms with van der Waals surface area (Å²) < 4.78 is 17.3. The molecular weight excluding hydrogens is 727 g/mol. The summed E-state index contributed by atoms with van der Waals surface area (Å²) in [7, 11) is 5.52. The van der Waals surface area contributed by atoms with E-state index in [1.165, 1.54) is 77.0 Å². The van der Waals surface area contributed by atoms with Gasteiger partial charge in [0.2, 0.25) is 0 Å². The van der Waals surface area contributed by atoms with E-state index >= 15 is 0 Å². The molecule has 2 unspecified atom stereocenters. The van der Waals surface area contributed by atoms with Crippen LogP contribution < -0.4 is 0 Å². The molecule has 0 aromatic carbocycles. The third-order valence-electron chi connectivity index (χ3n) is 10.2. The quantitative estimate of drug-likeness (QED) is 0.0284. The Morgan fingerprint density at radius 3 is 1.34 bits per heavy atom. The molecule has 8 heteroatoms. The second-order valence-corrected chi connectivity index (χ2v) is 16.6. The number of carboxylic acid groups (broad SMARTS) is 1. The SMILES string of the molecule is CC/C=C/C/C=C/C/C=C/CCCCCCCCCCCCC(=O)OCC(COCCC(C(=O)O)[N+](C)(C)C)OC(=O)CCCCCCCCC/C=C/C/C=C/CC. The minimum absolute atomic E-state index is 0.0552. The zero-order chi connectivity index (χ0) is 42.8. The molecule has 0 amide bonds. The van der Waals surface area contributed by atoms with Crippen molar-refractivity contribution in [3.05, 3.63) is 60.8 Å². The number of aliphatic carboxylic acids is 1. The minimum atomic E-state index is -0.878. The van der Waals surface area contributed by atoms with Crippen LogP contribution in [0.2, 0.25) is 0 Å². The molecule has 0 radical (unpaired) electrons. The number of rotatable bonds is 41. The van der Waals surface area contributed by atoms with Crippen LogP contribution in [0.4, 0.5) is 0 Å². The Morgan fingerprint density at radius 2 is 0.914 bits per heavy atom. The zero-order valence-electron chi connectivity index (χ0n) is 38.0. The summed E-state index contributed by atoms with van der Waals surface area (Å²) in [6.45, 7) is 4.51. The maximum atomic E-state index is 12.7. The average molecular weight is 815 g/mol. The molecule has 0 heterocycles. The Bertz CT molecular complexity index is 1130. The van der Waals surface area contributed by atoms with Crippen LogP contribution in [0.5, 0.6) is 0 Å². The molecule has 334 valence electrons. The van der Waals surface area contributed by atoms with Gasteiger partial charge in [-0.15, -0.1) is 0 Å². The van der Waals surface area contributed by atoms with Crippen molar-refractivity contribution in [1.29, 1.82) is 0 Å². The summed E-state index contributed by atoms with van der Waals surface area (Å²) in [5, 5.41) is 9.63. The number of allylic oxidation sites excluding steroid dienone is 10. The molecule has 0 aliphatic carbocycles. The number of esters is 2. The van der Waals surface area contributed by atoms with Gasteiger partial charge in [0, 0.05) is 19.3 Å². The number of quaternary nitrogens is 1. The van der Waals surface area contributed by atoms with Gasteiger partial charge in [0.1, 0.15) is 6.61 Å². The molecule has 2 atom stereocenters. The molecule has 8 nitrogen and oxygen atoms in total. The first-order valence-corrected chi connectivity index (χ1v) is 23.3. The summed E-state index contributed by atoms with van der Waals surface area (Å²) in [4.78, 5) is 37.0. The van der Waals surface area contributed by atoms with E-state index in [4.69, 9.17) is 14.2 Å². The van der Waals surface area contributed by atoms with E-state index in [9.17, 15) is 19.5 Å². The number of carbonyl (C=O) groups is 3. The number of carbonyl (C=O) groups excluding carboxylic acids is 2. The lowest BCUT2D eigenvalue weighted by Gasteiger charge is -2.31. The van der Waals surface area contributed by atoms with Gasteiger partial charge in [-0.2, -0.15) is 0 Å². The lowest BCUT2D eigenvalue weighted by atomic mass is 10.1. The maximum Gasteiger partial charge on any atom is 0.362 e. The van der Waals surface area contributed by atoms with Crippen molar-refractivity contribution < 1.29 is 38.2 Å². The third kappa shape index (κ3) is 38.5. The number of ether oxygens (including phenoxy) is 3. The number of unbranched alkanes of at least 4 members (excludes halogenated alkanes) is 17. The van der Waals surface area contributed by atoms with Crippen molar-refractivity contribution in [2.75, 3.05) is 41.0 Å². The smallest absolute Gasteiger partial charge is 0.362 e. The van der Waals surface area contributed by atoms with Crippen LogP contribution in [-0.2, 0) is 28.6 Å². The van der Waals surface area contributed by atoms with E-state index in [1.807, 2.05) is 21.1 Å². The molecule has 0 fully saturated rings. The van der Waals surface area contributed by atoms with Crippen molar-refractivity contribution in [1.82, 2.24) is 0 Å². The van der Waals surface area contributed by atoms with Crippen molar-refractivity contribution in [2.24, 2.45) is 0 Å². The van der Waals surface area contributed by atoms with Crippen molar-refractivity contribution in [3.8, 4) is 0 Å². The molecule has 58 heavy (non-hydrogen) atoms. The lowest BCUT2D eigenvalue weighted by molar-refractivity contribution is -0.887. The molecule has 0 aromatic heterocycles. The summed E-state index contributed by atoms with van der Waals surface area (Å²) >= 11 is 0. The third-order valence-corrected chi connectivity index (χ3v) is 10.2. The van der Waals surface area contributed by atoms with Crippen LogP contribution in [0, 0.1) is 0 Å². The fraction of sp³-hybridized carbons (Fsp3) is 0.740. The van der Waals surface area contributed by atoms with E-state index in [2.05, 4.69) is 74.6 Å². The highest BCUT2D eigenvalue weighted by molar-refractivity contribution is 5.72. The van der Waals surface area contributed by atoms with Crippen LogP contribution in [0.15, 0.2) is 60.8 Å². The van der Waals surface area contributed by atoms with Gasteiger partial charge in [-0.05, 0) is 70.6 Å². The predicted molar refractivity (Wildman–Crippen MR) is 243 cm³/mol. The number of carboxylic acids is 1. The predicted octanol–water partition coefficient (Wildman–Crippen LogP) is 13.0. The molecule has 0 saturated carbocycles. The van der Waals surface area contributed by atoms with Gasteiger partial charge < -0.3 is 23.8 Å². The highest BCUT2D eigenvalue weighted by atomic mass is 16.6. The number of likely N-dealkylation sites (N-methyl/N-ethyl adjacent to an activating group) is 1. The Kier molecular flexibility index (Phi) is 38.7. The molecule has 0 bridgehead atoms. The molecule has 0 aliphatic heterocycles. The molecule has 0 aliphatic rings. The van der Waals surface area contributed by atoms with E-state index < -0.39 is 18.1 Å². The van der Waals surface area contributed by atoms with E-state index in [0.29, 0.717) is 19.3 Å². The maximum absolute atomic E-state index is 12.7. The van der Waals surface area contributed by atoms with E-state index in [0.717, 1.165) is 77.0 Å². The molecular formula is C50H88NO7+. The van der Waals surface area contributed by atoms with Gasteiger partial charge in [0.25, 0.3) is 0 Å². The van der Waals surface area contributed by atoms with Crippen molar-refractivity contribution in [3.63, 3.8) is 0 Å². The first-order chi connectivity index (χ1) is 28.1. The number of hydrogen-bond acceptors (Lipinski definition) is 6. The normalized spacial score (nSPS) is 13.5. The lowest BCUT2D eigenvalue weighted by Crippen LogP contribution is -2.50. The van der Waals surface area contributed by atoms with Gasteiger partial charge in [0.05, 0.1) is 34.4 Å². The molecule has 0 rings (SSSR count). The summed E-state index contributed by atoms with van der Waals surface area (Å²) in [5.74, 6) is -1.48. The van der Waals surface area contributed by atoms with Crippen LogP contribution in [0.3, 0.4) is 0 Å². The van der Waals surface area contributed by atoms with E-state index in [1.54, 1.807) is 0 Å². The minimum Gasteiger partial charge on any atom is -0.477 e. The van der Waals surface area contributed by atoms with Gasteiger partial charge >= 0.3 is 17.9 Å². The second kappa shape index (κ2) is 40.8. The highest BCUT2D eigenvalue weighted by Gasteiger charge is 2.31. The highest BCUT2D eigenvalue weighted by Crippen LogP contribution is 2.15. The van der Waals surface area contributed by atoms with Crippen molar-refractivity contribution in [2.45, 2.75) is 199 Å². The largest absolute Gasteiger partial charge is 0.477 e. The summed E-state index contributed by atoms with van der Waals surface area (Å²) in [5.41, 5.74) is 0. The topological polar surface area (TPSA) is 99.1 Å². The molecule has 1 N–H and O–H groups in total. The Labute approximate surface area is 356 Å². The number of hydrogen-bond donors (Lipinski definition) is 1.